The molecule has 1 rings (SSSR count). The average molecular weight is 195 g/mol. The second-order valence-corrected chi connectivity index (χ2v) is 4.00. The number of rotatable bonds is 4. The molecular formula is C10H17N3O. The average Bonchev–Trinajstić information content (AvgIpc) is 2.52. The summed E-state index contributed by atoms with van der Waals surface area (Å²) in [7, 11) is 0. The molecule has 3 N–H and O–H groups in total. The third-order valence-corrected chi connectivity index (χ3v) is 2.67. The van der Waals surface area contributed by atoms with Gasteiger partial charge in [0.15, 0.2) is 0 Å². The van der Waals surface area contributed by atoms with E-state index in [9.17, 15) is 4.79 Å². The van der Waals surface area contributed by atoms with Gasteiger partial charge in [-0.05, 0) is 12.8 Å². The van der Waals surface area contributed by atoms with Crippen LogP contribution in [0.2, 0.25) is 0 Å². The number of nitrogens with one attached hydrogen (secondary N) is 1. The van der Waals surface area contributed by atoms with Gasteiger partial charge < -0.3 is 11.1 Å². The summed E-state index contributed by atoms with van der Waals surface area (Å²) in [6.07, 6.45) is 4.91. The lowest BCUT2D eigenvalue weighted by atomic mass is 9.94. The molecule has 1 saturated carbocycles. The van der Waals surface area contributed by atoms with Crippen LogP contribution in [-0.4, -0.2) is 18.0 Å². The number of nitrogens with zero attached hydrogens (tertiary/aromatic N) is 1. The van der Waals surface area contributed by atoms with E-state index >= 15 is 0 Å². The van der Waals surface area contributed by atoms with Gasteiger partial charge in [0.05, 0.1) is 12.5 Å². The third-order valence-electron chi connectivity index (χ3n) is 2.67. The third kappa shape index (κ3) is 3.35. The molecule has 4 heteroatoms. The first-order valence-corrected chi connectivity index (χ1v) is 5.09. The maximum atomic E-state index is 11.4. The van der Waals surface area contributed by atoms with E-state index in [0.717, 1.165) is 25.7 Å². The van der Waals surface area contributed by atoms with Gasteiger partial charge in [0, 0.05) is 18.5 Å². The molecule has 14 heavy (non-hydrogen) atoms. The van der Waals surface area contributed by atoms with Crippen LogP contribution in [0.25, 0.3) is 0 Å². The van der Waals surface area contributed by atoms with E-state index in [2.05, 4.69) is 5.32 Å². The van der Waals surface area contributed by atoms with Gasteiger partial charge in [-0.2, -0.15) is 5.26 Å². The Morgan fingerprint density at radius 2 is 2.14 bits per heavy atom. The van der Waals surface area contributed by atoms with Gasteiger partial charge >= 0.3 is 0 Å². The van der Waals surface area contributed by atoms with Crippen LogP contribution in [0.4, 0.5) is 0 Å². The number of nitrogens with two attached hydrogens (primary N) is 1. The predicted octanol–water partition coefficient (Wildman–Crippen LogP) is 0.678. The van der Waals surface area contributed by atoms with E-state index in [0.29, 0.717) is 19.4 Å². The van der Waals surface area contributed by atoms with Gasteiger partial charge in [-0.3, -0.25) is 4.79 Å². The Hall–Kier alpha value is -1.08. The Kier molecular flexibility index (Phi) is 3.90. The Balaban J connectivity index is 2.23. The molecule has 0 atom stereocenters. The Labute approximate surface area is 84.5 Å². The zero-order chi connectivity index (χ0) is 10.4. The summed E-state index contributed by atoms with van der Waals surface area (Å²) in [5.41, 5.74) is 5.76. The molecule has 0 aliphatic heterocycles. The Bertz CT molecular complexity index is 238. The first-order valence-electron chi connectivity index (χ1n) is 5.09. The summed E-state index contributed by atoms with van der Waals surface area (Å²) in [6.45, 7) is 0.436. The molecule has 0 aromatic rings. The van der Waals surface area contributed by atoms with Crippen molar-refractivity contribution in [2.75, 3.05) is 6.54 Å². The van der Waals surface area contributed by atoms with E-state index in [-0.39, 0.29) is 11.4 Å². The second kappa shape index (κ2) is 4.97. The number of hydrogen-bond acceptors (Lipinski definition) is 3. The van der Waals surface area contributed by atoms with Crippen LogP contribution in [-0.2, 0) is 4.79 Å². The maximum Gasteiger partial charge on any atom is 0.221 e. The van der Waals surface area contributed by atoms with Crippen molar-refractivity contribution in [2.45, 2.75) is 44.1 Å². The topological polar surface area (TPSA) is 78.9 Å². The van der Waals surface area contributed by atoms with Crippen molar-refractivity contribution in [1.29, 1.82) is 5.26 Å². The quantitative estimate of drug-likeness (QED) is 0.647. The number of carbonyl (C=O) groups is 1. The number of nitriles is 1. The minimum absolute atomic E-state index is 0.0235. The van der Waals surface area contributed by atoms with E-state index in [1.54, 1.807) is 0 Å². The van der Waals surface area contributed by atoms with Crippen molar-refractivity contribution >= 4 is 5.91 Å². The van der Waals surface area contributed by atoms with Crippen LogP contribution in [0.3, 0.4) is 0 Å². The molecule has 0 aromatic carbocycles. The zero-order valence-electron chi connectivity index (χ0n) is 8.38. The number of hydrogen-bond donors (Lipinski definition) is 2. The van der Waals surface area contributed by atoms with Gasteiger partial charge in [-0.25, -0.2) is 0 Å². The Morgan fingerprint density at radius 1 is 1.50 bits per heavy atom. The molecule has 4 nitrogen and oxygen atoms in total. The highest BCUT2D eigenvalue weighted by molar-refractivity contribution is 5.77. The summed E-state index contributed by atoms with van der Waals surface area (Å²) in [5.74, 6) is -0.0235. The molecular weight excluding hydrogens is 178 g/mol. The molecule has 1 aliphatic rings. The normalized spacial score (nSPS) is 18.9. The van der Waals surface area contributed by atoms with Crippen LogP contribution in [0.1, 0.15) is 38.5 Å². The summed E-state index contributed by atoms with van der Waals surface area (Å²) < 4.78 is 0. The van der Waals surface area contributed by atoms with Gasteiger partial charge in [0.2, 0.25) is 5.91 Å². The molecule has 78 valence electrons. The number of carbonyl (C=O) groups excluding carboxylic acids is 1. The van der Waals surface area contributed by atoms with Crippen LogP contribution in [0.15, 0.2) is 0 Å². The summed E-state index contributed by atoms with van der Waals surface area (Å²) >= 11 is 0. The lowest BCUT2D eigenvalue weighted by molar-refractivity contribution is -0.122. The van der Waals surface area contributed by atoms with Crippen molar-refractivity contribution in [3.05, 3.63) is 0 Å². The van der Waals surface area contributed by atoms with Crippen LogP contribution < -0.4 is 11.1 Å². The van der Waals surface area contributed by atoms with Crippen molar-refractivity contribution in [3.8, 4) is 6.07 Å². The second-order valence-electron chi connectivity index (χ2n) is 4.00. The predicted molar refractivity (Wildman–Crippen MR) is 53.2 cm³/mol. The Morgan fingerprint density at radius 3 is 2.71 bits per heavy atom. The molecule has 0 saturated heterocycles. The van der Waals surface area contributed by atoms with Crippen molar-refractivity contribution in [2.24, 2.45) is 5.73 Å². The molecule has 0 bridgehead atoms. The van der Waals surface area contributed by atoms with Crippen molar-refractivity contribution in [1.82, 2.24) is 5.32 Å². The fourth-order valence-electron chi connectivity index (χ4n) is 1.90. The SMILES string of the molecule is N#CCCNC(=O)CC1(N)CCCC1. The van der Waals surface area contributed by atoms with Crippen LogP contribution in [0.5, 0.6) is 0 Å². The fourth-order valence-corrected chi connectivity index (χ4v) is 1.90. The van der Waals surface area contributed by atoms with Crippen molar-refractivity contribution < 1.29 is 4.79 Å². The van der Waals surface area contributed by atoms with Crippen LogP contribution in [0, 0.1) is 11.3 Å². The smallest absolute Gasteiger partial charge is 0.221 e. The lowest BCUT2D eigenvalue weighted by Crippen LogP contribution is -2.42. The minimum atomic E-state index is -0.281. The summed E-state index contributed by atoms with van der Waals surface area (Å²) in [4.78, 5) is 11.4. The van der Waals surface area contributed by atoms with Gasteiger partial charge in [-0.15, -0.1) is 0 Å². The minimum Gasteiger partial charge on any atom is -0.355 e. The van der Waals surface area contributed by atoms with E-state index in [1.165, 1.54) is 0 Å². The van der Waals surface area contributed by atoms with Gasteiger partial charge in [-0.1, -0.05) is 12.8 Å². The van der Waals surface area contributed by atoms with E-state index in [1.807, 2.05) is 6.07 Å². The fraction of sp³-hybridized carbons (Fsp3) is 0.800. The van der Waals surface area contributed by atoms with E-state index < -0.39 is 0 Å². The monoisotopic (exact) mass is 195 g/mol. The molecule has 1 amide bonds. The molecule has 1 fully saturated rings. The van der Waals surface area contributed by atoms with Crippen LogP contribution >= 0.6 is 0 Å². The first kappa shape index (κ1) is 11.0. The summed E-state index contributed by atoms with van der Waals surface area (Å²) in [5, 5.41) is 11.0. The zero-order valence-corrected chi connectivity index (χ0v) is 8.38. The molecule has 0 aromatic heterocycles. The molecule has 0 radical (unpaired) electrons. The molecule has 1 aliphatic carbocycles. The highest BCUT2D eigenvalue weighted by atomic mass is 16.1. The highest BCUT2D eigenvalue weighted by Gasteiger charge is 2.31. The van der Waals surface area contributed by atoms with Gasteiger partial charge in [0.1, 0.15) is 0 Å². The highest BCUT2D eigenvalue weighted by Crippen LogP contribution is 2.29. The standard InChI is InChI=1S/C10H17N3O/c11-6-3-7-13-9(14)8-10(12)4-1-2-5-10/h1-5,7-8,12H2,(H,13,14). The van der Waals surface area contributed by atoms with E-state index in [4.69, 9.17) is 11.0 Å². The summed E-state index contributed by atoms with van der Waals surface area (Å²) in [6, 6.07) is 1.98. The molecule has 0 unspecified atom stereocenters. The largest absolute Gasteiger partial charge is 0.355 e. The first-order chi connectivity index (χ1) is 6.66. The molecule has 0 spiro atoms. The lowest BCUT2D eigenvalue weighted by Gasteiger charge is -2.22. The maximum absolute atomic E-state index is 11.4. The van der Waals surface area contributed by atoms with Crippen molar-refractivity contribution in [3.63, 3.8) is 0 Å². The number of amides is 1. The van der Waals surface area contributed by atoms with Gasteiger partial charge in [0.25, 0.3) is 0 Å². The molecule has 0 heterocycles.